The number of hydrogen-bond donors (Lipinski definition) is 0. The Kier molecular flexibility index (Phi) is 4.40. The molecular formula is C12H2Cl4F4. The van der Waals surface area contributed by atoms with Crippen LogP contribution in [0.2, 0.25) is 20.1 Å². The third kappa shape index (κ3) is 2.46. The highest BCUT2D eigenvalue weighted by atomic mass is 35.5. The molecule has 0 fully saturated rings. The normalized spacial score (nSPS) is 11.0. The van der Waals surface area contributed by atoms with E-state index in [-0.39, 0.29) is 20.6 Å². The van der Waals surface area contributed by atoms with E-state index in [2.05, 4.69) is 0 Å². The van der Waals surface area contributed by atoms with Crippen molar-refractivity contribution in [2.75, 3.05) is 0 Å². The second-order valence-corrected chi connectivity index (χ2v) is 5.29. The molecule has 0 aliphatic heterocycles. The van der Waals surface area contributed by atoms with E-state index >= 15 is 0 Å². The minimum Gasteiger partial charge on any atom is -0.203 e. The minimum atomic E-state index is -1.72. The Labute approximate surface area is 130 Å². The van der Waals surface area contributed by atoms with Crippen LogP contribution in [-0.4, -0.2) is 0 Å². The van der Waals surface area contributed by atoms with Gasteiger partial charge in [0.25, 0.3) is 0 Å². The Hall–Kier alpha value is -0.680. The van der Waals surface area contributed by atoms with E-state index in [1.807, 2.05) is 0 Å². The van der Waals surface area contributed by atoms with Crippen molar-refractivity contribution in [1.29, 1.82) is 0 Å². The summed E-state index contributed by atoms with van der Waals surface area (Å²) in [6.07, 6.45) is 0. The fourth-order valence-electron chi connectivity index (χ4n) is 1.56. The second-order valence-electron chi connectivity index (χ2n) is 3.69. The predicted molar refractivity (Wildman–Crippen MR) is 71.8 cm³/mol. The SMILES string of the molecule is Fc1c(F)c(-c2cc(Cl)c(Cl)cc2Cl)c(F)c(F)c1Cl. The summed E-state index contributed by atoms with van der Waals surface area (Å²) in [6, 6.07) is 2.10. The Balaban J connectivity index is 2.87. The van der Waals surface area contributed by atoms with Crippen LogP contribution < -0.4 is 0 Å². The van der Waals surface area contributed by atoms with Gasteiger partial charge in [0, 0.05) is 5.56 Å². The zero-order chi connectivity index (χ0) is 15.2. The molecule has 0 heterocycles. The quantitative estimate of drug-likeness (QED) is 0.307. The standard InChI is InChI=1S/C12H2Cl4F4/c13-4-2-6(15)5(14)1-3(4)7-9(17)11(19)8(16)12(20)10(7)18/h1-2H. The summed E-state index contributed by atoms with van der Waals surface area (Å²) in [7, 11) is 0. The summed E-state index contributed by atoms with van der Waals surface area (Å²) in [5.41, 5.74) is -1.35. The van der Waals surface area contributed by atoms with Crippen LogP contribution in [0.4, 0.5) is 17.6 Å². The molecule has 2 aromatic carbocycles. The van der Waals surface area contributed by atoms with Crippen molar-refractivity contribution in [1.82, 2.24) is 0 Å². The smallest absolute Gasteiger partial charge is 0.181 e. The van der Waals surface area contributed by atoms with Crippen molar-refractivity contribution < 1.29 is 17.6 Å². The predicted octanol–water partition coefficient (Wildman–Crippen LogP) is 6.52. The molecule has 0 amide bonds. The van der Waals surface area contributed by atoms with Crippen molar-refractivity contribution in [3.05, 3.63) is 55.5 Å². The van der Waals surface area contributed by atoms with Crippen LogP contribution in [0, 0.1) is 23.3 Å². The molecule has 8 heteroatoms. The van der Waals surface area contributed by atoms with Crippen molar-refractivity contribution in [3.63, 3.8) is 0 Å². The van der Waals surface area contributed by atoms with Crippen LogP contribution in [-0.2, 0) is 0 Å². The van der Waals surface area contributed by atoms with Gasteiger partial charge < -0.3 is 0 Å². The molecule has 0 atom stereocenters. The third-order valence-corrected chi connectivity index (χ3v) is 3.86. The van der Waals surface area contributed by atoms with Crippen LogP contribution in [0.25, 0.3) is 11.1 Å². The first-order chi connectivity index (χ1) is 9.25. The van der Waals surface area contributed by atoms with Gasteiger partial charge in [0.05, 0.1) is 20.6 Å². The van der Waals surface area contributed by atoms with Gasteiger partial charge in [0.2, 0.25) is 0 Å². The molecule has 0 bridgehead atoms. The lowest BCUT2D eigenvalue weighted by Crippen LogP contribution is -2.01. The molecule has 20 heavy (non-hydrogen) atoms. The molecule has 2 aromatic rings. The van der Waals surface area contributed by atoms with E-state index in [0.717, 1.165) is 12.1 Å². The summed E-state index contributed by atoms with van der Waals surface area (Å²) >= 11 is 22.3. The third-order valence-electron chi connectivity index (χ3n) is 2.49. The Morgan fingerprint density at radius 3 is 1.55 bits per heavy atom. The van der Waals surface area contributed by atoms with Crippen LogP contribution in [0.5, 0.6) is 0 Å². The monoisotopic (exact) mass is 362 g/mol. The lowest BCUT2D eigenvalue weighted by Gasteiger charge is -2.11. The highest BCUT2D eigenvalue weighted by Gasteiger charge is 2.27. The average molecular weight is 364 g/mol. The molecule has 0 spiro atoms. The van der Waals surface area contributed by atoms with Crippen molar-refractivity contribution >= 4 is 46.4 Å². The van der Waals surface area contributed by atoms with Gasteiger partial charge in [-0.2, -0.15) is 0 Å². The Morgan fingerprint density at radius 2 is 1.05 bits per heavy atom. The Bertz CT molecular complexity index is 686. The summed E-state index contributed by atoms with van der Waals surface area (Å²) in [5, 5.41) is -1.56. The fraction of sp³-hybridized carbons (Fsp3) is 0. The van der Waals surface area contributed by atoms with E-state index in [1.165, 1.54) is 0 Å². The summed E-state index contributed by atoms with van der Waals surface area (Å²) < 4.78 is 54.4. The number of halogens is 8. The van der Waals surface area contributed by atoms with Crippen LogP contribution in [0.3, 0.4) is 0 Å². The maximum Gasteiger partial charge on any atom is 0.181 e. The molecule has 0 saturated heterocycles. The lowest BCUT2D eigenvalue weighted by molar-refractivity contribution is 0.459. The van der Waals surface area contributed by atoms with Crippen LogP contribution in [0.1, 0.15) is 0 Å². The lowest BCUT2D eigenvalue weighted by atomic mass is 10.0. The van der Waals surface area contributed by atoms with Gasteiger partial charge in [0.1, 0.15) is 5.02 Å². The van der Waals surface area contributed by atoms with Gasteiger partial charge in [-0.1, -0.05) is 46.4 Å². The Morgan fingerprint density at radius 1 is 0.600 bits per heavy atom. The van der Waals surface area contributed by atoms with Crippen molar-refractivity contribution in [2.45, 2.75) is 0 Å². The van der Waals surface area contributed by atoms with Gasteiger partial charge in [-0.05, 0) is 12.1 Å². The van der Waals surface area contributed by atoms with Gasteiger partial charge in [0.15, 0.2) is 23.3 Å². The molecule has 0 radical (unpaired) electrons. The van der Waals surface area contributed by atoms with E-state index in [9.17, 15) is 17.6 Å². The van der Waals surface area contributed by atoms with Crippen molar-refractivity contribution in [2.24, 2.45) is 0 Å². The summed E-state index contributed by atoms with van der Waals surface area (Å²) in [5.74, 6) is -6.78. The number of hydrogen-bond acceptors (Lipinski definition) is 0. The molecule has 0 saturated carbocycles. The molecular weight excluding hydrogens is 362 g/mol. The van der Waals surface area contributed by atoms with E-state index in [0.29, 0.717) is 0 Å². The maximum absolute atomic E-state index is 13.8. The first-order valence-electron chi connectivity index (χ1n) is 4.92. The topological polar surface area (TPSA) is 0 Å². The van der Waals surface area contributed by atoms with Crippen LogP contribution >= 0.6 is 46.4 Å². The van der Waals surface area contributed by atoms with Gasteiger partial charge in [-0.3, -0.25) is 0 Å². The van der Waals surface area contributed by atoms with E-state index in [4.69, 9.17) is 46.4 Å². The minimum absolute atomic E-state index is 0.0242. The molecule has 0 aromatic heterocycles. The highest BCUT2D eigenvalue weighted by molar-refractivity contribution is 6.44. The van der Waals surface area contributed by atoms with Gasteiger partial charge in [-0.25, -0.2) is 17.6 Å². The average Bonchev–Trinajstić information content (AvgIpc) is 2.40. The number of benzene rings is 2. The van der Waals surface area contributed by atoms with E-state index < -0.39 is 33.9 Å². The zero-order valence-corrected chi connectivity index (χ0v) is 12.2. The van der Waals surface area contributed by atoms with Crippen molar-refractivity contribution in [3.8, 4) is 11.1 Å². The first kappa shape index (κ1) is 15.7. The molecule has 106 valence electrons. The molecule has 0 nitrogen and oxygen atoms in total. The highest BCUT2D eigenvalue weighted by Crippen LogP contribution is 2.40. The van der Waals surface area contributed by atoms with Gasteiger partial charge >= 0.3 is 0 Å². The molecule has 0 unspecified atom stereocenters. The molecule has 0 aliphatic carbocycles. The maximum atomic E-state index is 13.8. The van der Waals surface area contributed by atoms with Crippen LogP contribution in [0.15, 0.2) is 12.1 Å². The summed E-state index contributed by atoms with van der Waals surface area (Å²) in [6.45, 7) is 0. The first-order valence-corrected chi connectivity index (χ1v) is 6.43. The second kappa shape index (κ2) is 5.60. The van der Waals surface area contributed by atoms with Gasteiger partial charge in [-0.15, -0.1) is 0 Å². The molecule has 0 aliphatic rings. The summed E-state index contributed by atoms with van der Waals surface area (Å²) in [4.78, 5) is 0. The fourth-order valence-corrected chi connectivity index (χ4v) is 2.36. The molecule has 2 rings (SSSR count). The molecule has 0 N–H and O–H groups in total. The van der Waals surface area contributed by atoms with E-state index in [1.54, 1.807) is 0 Å². The number of rotatable bonds is 1. The zero-order valence-electron chi connectivity index (χ0n) is 9.18. The largest absolute Gasteiger partial charge is 0.203 e.